The normalized spacial score (nSPS) is 11.5. The molecule has 0 spiro atoms. The summed E-state index contributed by atoms with van der Waals surface area (Å²) in [4.78, 5) is 16.5. The van der Waals surface area contributed by atoms with Gasteiger partial charge in [0.15, 0.2) is 0 Å². The summed E-state index contributed by atoms with van der Waals surface area (Å²) in [5.41, 5.74) is 2.15. The second-order valence-corrected chi connectivity index (χ2v) is 5.65. The number of anilines is 2. The van der Waals surface area contributed by atoms with Crippen molar-refractivity contribution in [1.29, 1.82) is 0 Å². The standard InChI is InChI=1S/C17H20ClN3O3/c1-10-7-14(15(23-3)8-13(10)18)21-17(22)11(2)20-12-5-6-16(24-4)19-9-12/h5-9,11,20H,1-4H3,(H,21,22)/t11-/m0/s1. The number of hydrogen-bond acceptors (Lipinski definition) is 5. The number of benzene rings is 1. The number of rotatable bonds is 6. The molecule has 1 heterocycles. The SMILES string of the molecule is COc1ccc(N[C@@H](C)C(=O)Nc2cc(C)c(Cl)cc2OC)cn1. The minimum absolute atomic E-state index is 0.203. The Morgan fingerprint density at radius 2 is 2.00 bits per heavy atom. The number of aromatic nitrogens is 1. The number of nitrogens with one attached hydrogen (secondary N) is 2. The molecule has 0 unspecified atom stereocenters. The number of carbonyl (C=O) groups is 1. The number of ether oxygens (including phenoxy) is 2. The fraction of sp³-hybridized carbons (Fsp3) is 0.294. The third kappa shape index (κ3) is 4.29. The quantitative estimate of drug-likeness (QED) is 0.835. The Bertz CT molecular complexity index is 720. The first-order valence-electron chi connectivity index (χ1n) is 7.36. The Hall–Kier alpha value is -2.47. The van der Waals surface area contributed by atoms with E-state index in [1.54, 1.807) is 44.5 Å². The number of methoxy groups -OCH3 is 2. The molecule has 2 N–H and O–H groups in total. The molecule has 7 heteroatoms. The van der Waals surface area contributed by atoms with Crippen molar-refractivity contribution in [1.82, 2.24) is 4.98 Å². The predicted octanol–water partition coefficient (Wildman–Crippen LogP) is 3.50. The van der Waals surface area contributed by atoms with Gasteiger partial charge in [0.1, 0.15) is 11.8 Å². The summed E-state index contributed by atoms with van der Waals surface area (Å²) in [6, 6.07) is 6.50. The van der Waals surface area contributed by atoms with E-state index in [1.165, 1.54) is 7.11 Å². The molecule has 24 heavy (non-hydrogen) atoms. The van der Waals surface area contributed by atoms with E-state index in [-0.39, 0.29) is 5.91 Å². The maximum atomic E-state index is 12.4. The van der Waals surface area contributed by atoms with Gasteiger partial charge < -0.3 is 20.1 Å². The molecule has 2 rings (SSSR count). The molecule has 0 bridgehead atoms. The molecule has 128 valence electrons. The average molecular weight is 350 g/mol. The van der Waals surface area contributed by atoms with Crippen LogP contribution in [0.5, 0.6) is 11.6 Å². The van der Waals surface area contributed by atoms with E-state index < -0.39 is 6.04 Å². The van der Waals surface area contributed by atoms with Gasteiger partial charge in [0, 0.05) is 17.2 Å². The van der Waals surface area contributed by atoms with Crippen LogP contribution in [-0.2, 0) is 4.79 Å². The van der Waals surface area contributed by atoms with E-state index in [4.69, 9.17) is 21.1 Å². The lowest BCUT2D eigenvalue weighted by atomic mass is 10.2. The van der Waals surface area contributed by atoms with Crippen LogP contribution in [0, 0.1) is 6.92 Å². The molecule has 0 fully saturated rings. The van der Waals surface area contributed by atoms with Gasteiger partial charge in [-0.15, -0.1) is 0 Å². The van der Waals surface area contributed by atoms with Gasteiger partial charge in [-0.3, -0.25) is 4.79 Å². The maximum Gasteiger partial charge on any atom is 0.246 e. The van der Waals surface area contributed by atoms with E-state index in [9.17, 15) is 4.79 Å². The lowest BCUT2D eigenvalue weighted by Gasteiger charge is -2.17. The maximum absolute atomic E-state index is 12.4. The van der Waals surface area contributed by atoms with Crippen LogP contribution >= 0.6 is 11.6 Å². The molecule has 0 aliphatic carbocycles. The summed E-state index contributed by atoms with van der Waals surface area (Å²) >= 11 is 6.07. The largest absolute Gasteiger partial charge is 0.495 e. The van der Waals surface area contributed by atoms with Crippen LogP contribution in [0.1, 0.15) is 12.5 Å². The first-order valence-corrected chi connectivity index (χ1v) is 7.74. The van der Waals surface area contributed by atoms with Crippen LogP contribution in [-0.4, -0.2) is 31.2 Å². The predicted molar refractivity (Wildman–Crippen MR) is 95.2 cm³/mol. The minimum atomic E-state index is -0.471. The van der Waals surface area contributed by atoms with E-state index in [0.717, 1.165) is 11.3 Å². The highest BCUT2D eigenvalue weighted by molar-refractivity contribution is 6.31. The molecule has 1 aromatic carbocycles. The zero-order valence-electron chi connectivity index (χ0n) is 14.0. The third-order valence-corrected chi connectivity index (χ3v) is 3.87. The van der Waals surface area contributed by atoms with E-state index in [1.807, 2.05) is 6.92 Å². The first-order chi connectivity index (χ1) is 11.4. The van der Waals surface area contributed by atoms with Crippen LogP contribution in [0.2, 0.25) is 5.02 Å². The van der Waals surface area contributed by atoms with Crippen molar-refractivity contribution in [3.63, 3.8) is 0 Å². The Kier molecular flexibility index (Phi) is 5.87. The van der Waals surface area contributed by atoms with Crippen molar-refractivity contribution >= 4 is 28.9 Å². The molecule has 1 atom stereocenters. The lowest BCUT2D eigenvalue weighted by Crippen LogP contribution is -2.32. The van der Waals surface area contributed by atoms with E-state index >= 15 is 0 Å². The number of amides is 1. The molecule has 0 saturated carbocycles. The van der Waals surface area contributed by atoms with Gasteiger partial charge in [0.2, 0.25) is 11.8 Å². The van der Waals surface area contributed by atoms with Gasteiger partial charge in [-0.25, -0.2) is 4.98 Å². The zero-order chi connectivity index (χ0) is 17.7. The van der Waals surface area contributed by atoms with Crippen molar-refractivity contribution in [2.45, 2.75) is 19.9 Å². The van der Waals surface area contributed by atoms with E-state index in [2.05, 4.69) is 15.6 Å². The topological polar surface area (TPSA) is 72.5 Å². The summed E-state index contributed by atoms with van der Waals surface area (Å²) in [6.45, 7) is 3.62. The molecular formula is C17H20ClN3O3. The number of carbonyl (C=O) groups excluding carboxylic acids is 1. The lowest BCUT2D eigenvalue weighted by molar-refractivity contribution is -0.116. The summed E-state index contributed by atoms with van der Waals surface area (Å²) in [6.07, 6.45) is 1.61. The van der Waals surface area contributed by atoms with Crippen molar-refractivity contribution < 1.29 is 14.3 Å². The molecule has 2 aromatic rings. The summed E-state index contributed by atoms with van der Waals surface area (Å²) in [7, 11) is 3.08. The number of pyridine rings is 1. The summed E-state index contributed by atoms with van der Waals surface area (Å²) < 4.78 is 10.3. The monoisotopic (exact) mass is 349 g/mol. The molecule has 0 aliphatic rings. The summed E-state index contributed by atoms with van der Waals surface area (Å²) in [5.74, 6) is 0.821. The minimum Gasteiger partial charge on any atom is -0.495 e. The first kappa shape index (κ1) is 17.9. The highest BCUT2D eigenvalue weighted by Crippen LogP contribution is 2.31. The Morgan fingerprint density at radius 1 is 1.25 bits per heavy atom. The molecular weight excluding hydrogens is 330 g/mol. The molecule has 0 saturated heterocycles. The zero-order valence-corrected chi connectivity index (χ0v) is 14.8. The van der Waals surface area contributed by atoms with Crippen molar-refractivity contribution in [3.05, 3.63) is 41.0 Å². The molecule has 1 amide bonds. The summed E-state index contributed by atoms with van der Waals surface area (Å²) in [5, 5.41) is 6.51. The van der Waals surface area contributed by atoms with E-state index in [0.29, 0.717) is 22.3 Å². The highest BCUT2D eigenvalue weighted by Gasteiger charge is 2.16. The Labute approximate surface area is 146 Å². The number of nitrogens with zero attached hydrogens (tertiary/aromatic N) is 1. The Morgan fingerprint density at radius 3 is 2.58 bits per heavy atom. The van der Waals surface area contributed by atoms with Crippen LogP contribution in [0.25, 0.3) is 0 Å². The smallest absolute Gasteiger partial charge is 0.246 e. The van der Waals surface area contributed by atoms with Crippen LogP contribution in [0.3, 0.4) is 0 Å². The van der Waals surface area contributed by atoms with Crippen molar-refractivity contribution in [2.24, 2.45) is 0 Å². The van der Waals surface area contributed by atoms with Crippen molar-refractivity contribution in [3.8, 4) is 11.6 Å². The number of halogens is 1. The van der Waals surface area contributed by atoms with Gasteiger partial charge >= 0.3 is 0 Å². The molecule has 0 aliphatic heterocycles. The number of aryl methyl sites for hydroxylation is 1. The number of hydrogen-bond donors (Lipinski definition) is 2. The molecule has 0 radical (unpaired) electrons. The molecule has 6 nitrogen and oxygen atoms in total. The second kappa shape index (κ2) is 7.88. The second-order valence-electron chi connectivity index (χ2n) is 5.25. The van der Waals surface area contributed by atoms with Gasteiger partial charge in [0.05, 0.1) is 31.8 Å². The van der Waals surface area contributed by atoms with Crippen LogP contribution in [0.4, 0.5) is 11.4 Å². The molecule has 1 aromatic heterocycles. The van der Waals surface area contributed by atoms with Gasteiger partial charge in [-0.05, 0) is 31.5 Å². The fourth-order valence-corrected chi connectivity index (χ4v) is 2.23. The van der Waals surface area contributed by atoms with Gasteiger partial charge in [-0.2, -0.15) is 0 Å². The van der Waals surface area contributed by atoms with Crippen LogP contribution < -0.4 is 20.1 Å². The van der Waals surface area contributed by atoms with Gasteiger partial charge in [0.25, 0.3) is 0 Å². The van der Waals surface area contributed by atoms with Gasteiger partial charge in [-0.1, -0.05) is 11.6 Å². The van der Waals surface area contributed by atoms with Crippen molar-refractivity contribution in [2.75, 3.05) is 24.9 Å². The fourth-order valence-electron chi connectivity index (χ4n) is 2.07. The third-order valence-electron chi connectivity index (χ3n) is 3.46. The average Bonchev–Trinajstić information content (AvgIpc) is 2.58. The Balaban J connectivity index is 2.07. The highest BCUT2D eigenvalue weighted by atomic mass is 35.5. The van der Waals surface area contributed by atoms with Crippen LogP contribution in [0.15, 0.2) is 30.5 Å².